The fourth-order valence-electron chi connectivity index (χ4n) is 2.10. The highest BCUT2D eigenvalue weighted by atomic mass is 16.3. The van der Waals surface area contributed by atoms with Crippen molar-refractivity contribution in [2.75, 3.05) is 11.9 Å². The van der Waals surface area contributed by atoms with Crippen LogP contribution in [0.4, 0.5) is 5.69 Å². The number of hydrogen-bond donors (Lipinski definition) is 3. The predicted molar refractivity (Wildman–Crippen MR) is 82.9 cm³/mol. The molecule has 3 N–H and O–H groups in total. The molecule has 3 heterocycles. The second-order valence-corrected chi connectivity index (χ2v) is 4.98. The van der Waals surface area contributed by atoms with Gasteiger partial charge >= 0.3 is 0 Å². The number of carbonyl (C=O) groups is 2. The number of rotatable bonds is 5. The number of furan rings is 1. The molecule has 8 heteroatoms. The zero-order valence-electron chi connectivity index (χ0n) is 12.4. The summed E-state index contributed by atoms with van der Waals surface area (Å²) in [5.41, 5.74) is 2.07. The Morgan fingerprint density at radius 2 is 2.26 bits per heavy atom. The van der Waals surface area contributed by atoms with E-state index in [2.05, 4.69) is 25.8 Å². The monoisotopic (exact) mass is 313 g/mol. The van der Waals surface area contributed by atoms with Gasteiger partial charge in [-0.3, -0.25) is 14.7 Å². The van der Waals surface area contributed by atoms with Gasteiger partial charge in [0, 0.05) is 24.0 Å². The van der Waals surface area contributed by atoms with Gasteiger partial charge in [0.05, 0.1) is 18.1 Å². The lowest BCUT2D eigenvalue weighted by molar-refractivity contribution is -0.116. The Morgan fingerprint density at radius 1 is 1.39 bits per heavy atom. The number of amides is 2. The first-order valence-corrected chi connectivity index (χ1v) is 7.06. The standard InChI is InChI=1S/C15H15N5O3/c1-9-11-7-10(8-17-14(11)20-19-9)18-13(21)4-5-16-15(22)12-3-2-6-23-12/h2-3,6-8H,4-5H2,1H3,(H,16,22)(H,18,21)(H,17,19,20). The predicted octanol–water partition coefficient (Wildman–Crippen LogP) is 1.62. The van der Waals surface area contributed by atoms with Crippen molar-refractivity contribution in [2.45, 2.75) is 13.3 Å². The first-order valence-electron chi connectivity index (χ1n) is 7.06. The maximum atomic E-state index is 11.9. The first kappa shape index (κ1) is 14.8. The van der Waals surface area contributed by atoms with Gasteiger partial charge in [0.25, 0.3) is 5.91 Å². The molecule has 2 amide bonds. The van der Waals surface area contributed by atoms with Crippen molar-refractivity contribution in [3.05, 3.63) is 42.1 Å². The molecule has 0 radical (unpaired) electrons. The van der Waals surface area contributed by atoms with Gasteiger partial charge in [-0.2, -0.15) is 5.10 Å². The van der Waals surface area contributed by atoms with E-state index in [0.717, 1.165) is 11.1 Å². The Bertz CT molecular complexity index is 838. The van der Waals surface area contributed by atoms with E-state index in [1.54, 1.807) is 24.4 Å². The lowest BCUT2D eigenvalue weighted by atomic mass is 10.2. The summed E-state index contributed by atoms with van der Waals surface area (Å²) in [6, 6.07) is 4.99. The van der Waals surface area contributed by atoms with Crippen molar-refractivity contribution in [1.82, 2.24) is 20.5 Å². The molecule has 3 rings (SSSR count). The molecule has 0 spiro atoms. The van der Waals surface area contributed by atoms with Gasteiger partial charge < -0.3 is 15.1 Å². The molecule has 0 saturated heterocycles. The largest absolute Gasteiger partial charge is 0.459 e. The third-order valence-corrected chi connectivity index (χ3v) is 3.27. The molecule has 0 aliphatic heterocycles. The fraction of sp³-hybridized carbons (Fsp3) is 0.200. The molecule has 0 saturated carbocycles. The molecule has 0 aromatic carbocycles. The molecular weight excluding hydrogens is 298 g/mol. The van der Waals surface area contributed by atoms with Crippen molar-refractivity contribution >= 4 is 28.5 Å². The van der Waals surface area contributed by atoms with Crippen LogP contribution in [-0.4, -0.2) is 33.5 Å². The molecular formula is C15H15N5O3. The summed E-state index contributed by atoms with van der Waals surface area (Å²) >= 11 is 0. The van der Waals surface area contributed by atoms with Crippen molar-refractivity contribution < 1.29 is 14.0 Å². The van der Waals surface area contributed by atoms with Crippen LogP contribution in [-0.2, 0) is 4.79 Å². The number of nitrogens with zero attached hydrogens (tertiary/aromatic N) is 2. The average Bonchev–Trinajstić information content (AvgIpc) is 3.18. The van der Waals surface area contributed by atoms with Crippen molar-refractivity contribution in [3.8, 4) is 0 Å². The normalized spacial score (nSPS) is 10.7. The van der Waals surface area contributed by atoms with Crippen LogP contribution in [0.2, 0.25) is 0 Å². The van der Waals surface area contributed by atoms with E-state index in [9.17, 15) is 9.59 Å². The van der Waals surface area contributed by atoms with Gasteiger partial charge in [0.2, 0.25) is 5.91 Å². The summed E-state index contributed by atoms with van der Waals surface area (Å²) in [7, 11) is 0. The van der Waals surface area contributed by atoms with Crippen LogP contribution >= 0.6 is 0 Å². The van der Waals surface area contributed by atoms with Gasteiger partial charge in [0.15, 0.2) is 11.4 Å². The lowest BCUT2D eigenvalue weighted by Crippen LogP contribution is -2.27. The highest BCUT2D eigenvalue weighted by Gasteiger charge is 2.10. The van der Waals surface area contributed by atoms with E-state index in [-0.39, 0.29) is 30.5 Å². The molecule has 0 aliphatic carbocycles. The zero-order chi connectivity index (χ0) is 16.2. The third kappa shape index (κ3) is 3.37. The summed E-state index contributed by atoms with van der Waals surface area (Å²) < 4.78 is 4.96. The number of hydrogen-bond acceptors (Lipinski definition) is 5. The summed E-state index contributed by atoms with van der Waals surface area (Å²) in [4.78, 5) is 27.7. The SMILES string of the molecule is Cc1[nH]nc2ncc(NC(=O)CCNC(=O)c3ccco3)cc12. The van der Waals surface area contributed by atoms with Crippen molar-refractivity contribution in [3.63, 3.8) is 0 Å². The molecule has 0 aliphatic rings. The Labute approximate surface area is 131 Å². The molecule has 3 aromatic rings. The van der Waals surface area contributed by atoms with Gasteiger partial charge in [0.1, 0.15) is 0 Å². The van der Waals surface area contributed by atoms with Crippen LogP contribution < -0.4 is 10.6 Å². The van der Waals surface area contributed by atoms with Crippen LogP contribution in [0.25, 0.3) is 11.0 Å². The Balaban J connectivity index is 1.52. The third-order valence-electron chi connectivity index (χ3n) is 3.27. The number of carbonyl (C=O) groups excluding carboxylic acids is 2. The molecule has 0 bridgehead atoms. The highest BCUT2D eigenvalue weighted by molar-refractivity contribution is 5.94. The number of H-pyrrole nitrogens is 1. The van der Waals surface area contributed by atoms with Gasteiger partial charge in [-0.05, 0) is 25.1 Å². The number of fused-ring (bicyclic) bond motifs is 1. The van der Waals surface area contributed by atoms with E-state index in [1.165, 1.54) is 6.26 Å². The minimum Gasteiger partial charge on any atom is -0.459 e. The number of anilines is 1. The van der Waals surface area contributed by atoms with Crippen LogP contribution in [0.15, 0.2) is 35.1 Å². The smallest absolute Gasteiger partial charge is 0.286 e. The average molecular weight is 313 g/mol. The maximum absolute atomic E-state index is 11.9. The molecule has 118 valence electrons. The van der Waals surface area contributed by atoms with Gasteiger partial charge in [-0.25, -0.2) is 4.98 Å². The van der Waals surface area contributed by atoms with Crippen LogP contribution in [0, 0.1) is 6.92 Å². The van der Waals surface area contributed by atoms with Crippen LogP contribution in [0.1, 0.15) is 22.7 Å². The molecule has 23 heavy (non-hydrogen) atoms. The minimum atomic E-state index is -0.347. The number of nitrogens with one attached hydrogen (secondary N) is 3. The summed E-state index contributed by atoms with van der Waals surface area (Å²) in [6.45, 7) is 2.10. The van der Waals surface area contributed by atoms with Crippen molar-refractivity contribution in [1.29, 1.82) is 0 Å². The van der Waals surface area contributed by atoms with Crippen LogP contribution in [0.5, 0.6) is 0 Å². The lowest BCUT2D eigenvalue weighted by Gasteiger charge is -2.06. The minimum absolute atomic E-state index is 0.148. The maximum Gasteiger partial charge on any atom is 0.286 e. The number of pyridine rings is 1. The fourth-order valence-corrected chi connectivity index (χ4v) is 2.10. The van der Waals surface area contributed by atoms with E-state index < -0.39 is 0 Å². The Kier molecular flexibility index (Phi) is 4.05. The highest BCUT2D eigenvalue weighted by Crippen LogP contribution is 2.17. The molecule has 8 nitrogen and oxygen atoms in total. The molecule has 3 aromatic heterocycles. The molecule has 0 unspecified atom stereocenters. The number of aromatic nitrogens is 3. The summed E-state index contributed by atoms with van der Waals surface area (Å²) in [5.74, 6) is -0.345. The summed E-state index contributed by atoms with van der Waals surface area (Å²) in [5, 5.41) is 13.1. The van der Waals surface area contributed by atoms with Gasteiger partial charge in [-0.15, -0.1) is 0 Å². The first-order chi connectivity index (χ1) is 11.1. The number of aromatic amines is 1. The van der Waals surface area contributed by atoms with E-state index >= 15 is 0 Å². The van der Waals surface area contributed by atoms with E-state index in [4.69, 9.17) is 4.42 Å². The van der Waals surface area contributed by atoms with Crippen LogP contribution in [0.3, 0.4) is 0 Å². The summed E-state index contributed by atoms with van der Waals surface area (Å²) in [6.07, 6.45) is 3.11. The quantitative estimate of drug-likeness (QED) is 0.662. The second kappa shape index (κ2) is 6.30. The van der Waals surface area contributed by atoms with Gasteiger partial charge in [-0.1, -0.05) is 0 Å². The second-order valence-electron chi connectivity index (χ2n) is 4.98. The van der Waals surface area contributed by atoms with Crippen molar-refractivity contribution in [2.24, 2.45) is 0 Å². The van der Waals surface area contributed by atoms with E-state index in [1.807, 2.05) is 6.92 Å². The topological polar surface area (TPSA) is 113 Å². The Hall–Kier alpha value is -3.16. The zero-order valence-corrected chi connectivity index (χ0v) is 12.4. The Morgan fingerprint density at radius 3 is 3.04 bits per heavy atom. The molecule has 0 atom stereocenters. The van der Waals surface area contributed by atoms with E-state index in [0.29, 0.717) is 11.3 Å². The molecule has 0 fully saturated rings. The number of aryl methyl sites for hydroxylation is 1.